The maximum absolute atomic E-state index is 15.4. The van der Waals surface area contributed by atoms with Gasteiger partial charge >= 0.3 is 11.9 Å². The van der Waals surface area contributed by atoms with Crippen LogP contribution in [0.15, 0.2) is 152 Å². The van der Waals surface area contributed by atoms with Gasteiger partial charge in [0.25, 0.3) is 0 Å². The molecule has 52 heavy (non-hydrogen) atoms. The molecule has 0 N–H and O–H groups in total. The van der Waals surface area contributed by atoms with Crippen molar-refractivity contribution in [2.75, 3.05) is 0 Å². The lowest BCUT2D eigenvalue weighted by Gasteiger charge is -2.38. The fraction of sp³-hybridized carbons (Fsp3) is 0.222. The van der Waals surface area contributed by atoms with Gasteiger partial charge in [-0.05, 0) is 64.3 Å². The van der Waals surface area contributed by atoms with Gasteiger partial charge in [0.1, 0.15) is 23.0 Å². The van der Waals surface area contributed by atoms with E-state index in [1.807, 2.05) is 91.0 Å². The zero-order chi connectivity index (χ0) is 37.5. The van der Waals surface area contributed by atoms with Gasteiger partial charge in [-0.2, -0.15) is 0 Å². The Morgan fingerprint density at radius 2 is 0.750 bits per heavy atom. The van der Waals surface area contributed by atoms with Crippen molar-refractivity contribution in [1.82, 2.24) is 0 Å². The molecule has 0 fully saturated rings. The molecule has 5 rings (SSSR count). The summed E-state index contributed by atoms with van der Waals surface area (Å²) in [6.45, 7) is 6.95. The number of carbonyl (C=O) groups excluding carboxylic acids is 4. The van der Waals surface area contributed by atoms with Crippen molar-refractivity contribution in [3.8, 4) is 0 Å². The summed E-state index contributed by atoms with van der Waals surface area (Å²) in [4.78, 5) is 60.7. The van der Waals surface area contributed by atoms with Gasteiger partial charge in [0, 0.05) is 11.1 Å². The number of carbonyl (C=O) groups is 4. The minimum Gasteiger partial charge on any atom is -0.459 e. The minimum absolute atomic E-state index is 0.00108. The molecule has 0 bridgehead atoms. The van der Waals surface area contributed by atoms with Crippen LogP contribution in [-0.2, 0) is 19.1 Å². The zero-order valence-electron chi connectivity index (χ0n) is 30.5. The van der Waals surface area contributed by atoms with E-state index in [9.17, 15) is 0 Å². The monoisotopic (exact) mass is 712 g/mol. The van der Waals surface area contributed by atoms with E-state index in [2.05, 4.69) is 0 Å². The molecule has 1 atom stereocenters. The Morgan fingerprint density at radius 3 is 1.06 bits per heavy atom. The van der Waals surface area contributed by atoms with Gasteiger partial charge < -0.3 is 9.47 Å². The molecule has 0 spiro atoms. The van der Waals surface area contributed by atoms with Gasteiger partial charge in [0.2, 0.25) is 0 Å². The van der Waals surface area contributed by atoms with Crippen LogP contribution in [0, 0.1) is 11.8 Å². The van der Waals surface area contributed by atoms with Crippen LogP contribution in [0.5, 0.6) is 0 Å². The van der Waals surface area contributed by atoms with Crippen molar-refractivity contribution >= 4 is 51.6 Å². The lowest BCUT2D eigenvalue weighted by Crippen LogP contribution is -2.50. The molecule has 5 aromatic rings. The predicted octanol–water partition coefficient (Wildman–Crippen LogP) is 7.83. The molecule has 5 aromatic carbocycles. The molecule has 266 valence electrons. The van der Waals surface area contributed by atoms with Crippen LogP contribution in [0.2, 0.25) is 0 Å². The molecule has 0 saturated carbocycles. The largest absolute Gasteiger partial charge is 0.459 e. The smallest absolute Gasteiger partial charge is 0.336 e. The normalized spacial score (nSPS) is 12.4. The number of rotatable bonds is 11. The number of hydrogen-bond donors (Lipinski definition) is 0. The summed E-state index contributed by atoms with van der Waals surface area (Å²) in [7, 11) is 0. The first-order chi connectivity index (χ1) is 24.7. The van der Waals surface area contributed by atoms with Crippen molar-refractivity contribution in [3.63, 3.8) is 0 Å². The third-order valence-electron chi connectivity index (χ3n) is 8.37. The van der Waals surface area contributed by atoms with Crippen LogP contribution < -0.4 is 15.9 Å². The molecule has 7 heteroatoms. The van der Waals surface area contributed by atoms with Crippen LogP contribution in [0.25, 0.3) is 0 Å². The molecule has 0 radical (unpaired) electrons. The van der Waals surface area contributed by atoms with Crippen molar-refractivity contribution in [1.29, 1.82) is 0 Å². The molecule has 0 heterocycles. The molecule has 0 saturated heterocycles. The highest BCUT2D eigenvalue weighted by atomic mass is 31.2. The summed E-state index contributed by atoms with van der Waals surface area (Å²) in [5.41, 5.74) is -1.62. The number of esters is 2. The molecular formula is C45H45O6P. The molecule has 1 unspecified atom stereocenters. The van der Waals surface area contributed by atoms with Crippen molar-refractivity contribution < 1.29 is 28.7 Å². The Morgan fingerprint density at radius 1 is 0.442 bits per heavy atom. The standard InChI is InChI=1S/C45H45O6P/c1-44(2,3)50-42(48)38(37(39(46)32-22-12-7-13-23-32)40(47)33-24-14-8-15-25-33)41(43(49)51-45(4,5)6)52(34-26-16-9-17-27-34,35-28-18-10-19-29-35)36-30-20-11-21-31-36/h7-31,37-38H,1-6H3. The van der Waals surface area contributed by atoms with Crippen LogP contribution >= 0.6 is 6.89 Å². The number of Topliss-reactive ketones (excluding diaryl/α,β-unsaturated/α-hetero) is 2. The van der Waals surface area contributed by atoms with Gasteiger partial charge in [-0.3, -0.25) is 14.4 Å². The second-order valence-electron chi connectivity index (χ2n) is 14.5. The summed E-state index contributed by atoms with van der Waals surface area (Å²) in [6, 6.07) is 45.3. The maximum atomic E-state index is 15.4. The van der Waals surface area contributed by atoms with E-state index in [0.29, 0.717) is 0 Å². The average molecular weight is 713 g/mol. The Hall–Kier alpha value is -5.32. The van der Waals surface area contributed by atoms with E-state index < -0.39 is 53.4 Å². The Labute approximate surface area is 306 Å². The summed E-state index contributed by atoms with van der Waals surface area (Å²) in [5.74, 6) is -6.29. The summed E-state index contributed by atoms with van der Waals surface area (Å²) in [6.07, 6.45) is 0. The molecule has 0 aromatic heterocycles. The Kier molecular flexibility index (Phi) is 11.6. The van der Waals surface area contributed by atoms with E-state index in [1.165, 1.54) is 0 Å². The van der Waals surface area contributed by atoms with E-state index in [4.69, 9.17) is 9.47 Å². The third-order valence-corrected chi connectivity index (χ3v) is 12.8. The highest BCUT2D eigenvalue weighted by molar-refractivity contribution is 7.96. The van der Waals surface area contributed by atoms with Gasteiger partial charge in [-0.15, -0.1) is 0 Å². The maximum Gasteiger partial charge on any atom is 0.336 e. The van der Waals surface area contributed by atoms with Gasteiger partial charge in [0.05, 0.1) is 5.29 Å². The van der Waals surface area contributed by atoms with E-state index >= 15 is 19.2 Å². The number of ether oxygens (including phenoxy) is 2. The number of benzene rings is 5. The van der Waals surface area contributed by atoms with E-state index in [0.717, 1.165) is 15.9 Å². The first-order valence-corrected chi connectivity index (χ1v) is 19.1. The highest BCUT2D eigenvalue weighted by Crippen LogP contribution is 2.50. The average Bonchev–Trinajstić information content (AvgIpc) is 3.13. The summed E-state index contributed by atoms with van der Waals surface area (Å²) in [5, 5.41) is 2.21. The predicted molar refractivity (Wildman–Crippen MR) is 210 cm³/mol. The lowest BCUT2D eigenvalue weighted by molar-refractivity contribution is -0.159. The van der Waals surface area contributed by atoms with Crippen molar-refractivity contribution in [3.05, 3.63) is 163 Å². The highest BCUT2D eigenvalue weighted by Gasteiger charge is 2.51. The quantitative estimate of drug-likeness (QED) is 0.0601. The topological polar surface area (TPSA) is 86.7 Å². The van der Waals surface area contributed by atoms with Crippen molar-refractivity contribution in [2.24, 2.45) is 11.8 Å². The first kappa shape index (κ1) is 37.9. The van der Waals surface area contributed by atoms with Crippen LogP contribution in [0.4, 0.5) is 0 Å². The van der Waals surface area contributed by atoms with Crippen molar-refractivity contribution in [2.45, 2.75) is 52.7 Å². The van der Waals surface area contributed by atoms with Gasteiger partial charge in [-0.1, -0.05) is 152 Å². The van der Waals surface area contributed by atoms with E-state index in [-0.39, 0.29) is 16.4 Å². The van der Waals surface area contributed by atoms with Crippen LogP contribution in [0.3, 0.4) is 0 Å². The third kappa shape index (κ3) is 8.41. The summed E-state index contributed by atoms with van der Waals surface area (Å²) < 4.78 is 12.4. The first-order valence-electron chi connectivity index (χ1n) is 17.3. The molecule has 0 aliphatic rings. The zero-order valence-corrected chi connectivity index (χ0v) is 31.4. The van der Waals surface area contributed by atoms with Crippen LogP contribution in [0.1, 0.15) is 62.3 Å². The number of hydrogen-bond acceptors (Lipinski definition) is 6. The summed E-state index contributed by atoms with van der Waals surface area (Å²) >= 11 is 0. The fourth-order valence-electron chi connectivity index (χ4n) is 6.38. The van der Waals surface area contributed by atoms with Crippen LogP contribution in [-0.4, -0.2) is 40.0 Å². The second kappa shape index (κ2) is 15.9. The second-order valence-corrected chi connectivity index (χ2v) is 17.9. The minimum atomic E-state index is -3.46. The fourth-order valence-corrected chi connectivity index (χ4v) is 11.0. The molecular weight excluding hydrogens is 667 g/mol. The van der Waals surface area contributed by atoms with Gasteiger partial charge in [0.15, 0.2) is 11.6 Å². The lowest BCUT2D eigenvalue weighted by atomic mass is 9.78. The number of ketones is 2. The Bertz CT molecular complexity index is 1910. The molecule has 0 amide bonds. The van der Waals surface area contributed by atoms with Gasteiger partial charge in [-0.25, -0.2) is 4.79 Å². The molecule has 0 aliphatic heterocycles. The van der Waals surface area contributed by atoms with E-state index in [1.54, 1.807) is 102 Å². The molecule has 0 aliphatic carbocycles. The SMILES string of the molecule is CC(C)(C)OC(=O)C(C(C(=O)OC(C)(C)C)C(C(=O)c1ccccc1)C(=O)c1ccccc1)=P(c1ccccc1)(c1ccccc1)c1ccccc1. The molecule has 6 nitrogen and oxygen atoms in total. The Balaban J connectivity index is 2.09.